The van der Waals surface area contributed by atoms with Crippen LogP contribution in [0.3, 0.4) is 0 Å². The van der Waals surface area contributed by atoms with E-state index < -0.39 is 23.8 Å². The Morgan fingerprint density at radius 2 is 2.11 bits per heavy atom. The third-order valence-corrected chi connectivity index (χ3v) is 3.21. The Hall–Kier alpha value is -1.24. The lowest BCUT2D eigenvalue weighted by molar-refractivity contribution is -0.141. The van der Waals surface area contributed by atoms with Gasteiger partial charge in [0.15, 0.2) is 0 Å². The Bertz CT molecular complexity index is 463. The van der Waals surface area contributed by atoms with Crippen molar-refractivity contribution >= 4 is 27.6 Å². The standard InChI is InChI=1S/C12H13BrF3NO2/c1-3-9(11(18)19-2)17-10-6-7(12(14,15)16)4-5-8(10)13/h4-6,9,17H,3H2,1-2H3. The van der Waals surface area contributed by atoms with Gasteiger partial charge < -0.3 is 10.1 Å². The van der Waals surface area contributed by atoms with E-state index in [1.54, 1.807) is 6.92 Å². The molecule has 0 saturated heterocycles. The topological polar surface area (TPSA) is 38.3 Å². The van der Waals surface area contributed by atoms with Crippen LogP contribution in [0.15, 0.2) is 22.7 Å². The van der Waals surface area contributed by atoms with E-state index in [4.69, 9.17) is 0 Å². The van der Waals surface area contributed by atoms with Crippen molar-refractivity contribution in [2.45, 2.75) is 25.6 Å². The lowest BCUT2D eigenvalue weighted by Crippen LogP contribution is -2.30. The summed E-state index contributed by atoms with van der Waals surface area (Å²) in [5, 5.41) is 2.74. The lowest BCUT2D eigenvalue weighted by atomic mass is 10.1. The lowest BCUT2D eigenvalue weighted by Gasteiger charge is -2.18. The number of methoxy groups -OCH3 is 1. The summed E-state index contributed by atoms with van der Waals surface area (Å²) in [6.45, 7) is 1.73. The summed E-state index contributed by atoms with van der Waals surface area (Å²) in [7, 11) is 1.23. The molecule has 0 aliphatic rings. The summed E-state index contributed by atoms with van der Waals surface area (Å²) >= 11 is 3.14. The molecular weight excluding hydrogens is 327 g/mol. The maximum Gasteiger partial charge on any atom is 0.416 e. The van der Waals surface area contributed by atoms with E-state index in [0.29, 0.717) is 10.9 Å². The smallest absolute Gasteiger partial charge is 0.416 e. The van der Waals surface area contributed by atoms with Crippen LogP contribution in [0, 0.1) is 0 Å². The highest BCUT2D eigenvalue weighted by Gasteiger charge is 2.31. The first-order valence-electron chi connectivity index (χ1n) is 5.50. The van der Waals surface area contributed by atoms with Crippen molar-refractivity contribution in [1.29, 1.82) is 0 Å². The largest absolute Gasteiger partial charge is 0.467 e. The number of ether oxygens (including phenoxy) is 1. The van der Waals surface area contributed by atoms with Gasteiger partial charge in [0.05, 0.1) is 12.7 Å². The van der Waals surface area contributed by atoms with Crippen molar-refractivity contribution in [3.63, 3.8) is 0 Å². The Balaban J connectivity index is 3.03. The zero-order valence-corrected chi connectivity index (χ0v) is 11.9. The van der Waals surface area contributed by atoms with E-state index in [1.807, 2.05) is 0 Å². The average Bonchev–Trinajstić information content (AvgIpc) is 2.35. The van der Waals surface area contributed by atoms with Gasteiger partial charge in [-0.05, 0) is 40.5 Å². The normalized spacial score (nSPS) is 12.9. The number of carbonyl (C=O) groups is 1. The molecule has 19 heavy (non-hydrogen) atoms. The molecule has 0 amide bonds. The quantitative estimate of drug-likeness (QED) is 0.847. The van der Waals surface area contributed by atoms with Crippen molar-refractivity contribution in [2.24, 2.45) is 0 Å². The summed E-state index contributed by atoms with van der Waals surface area (Å²) < 4.78 is 42.8. The minimum atomic E-state index is -4.43. The van der Waals surface area contributed by atoms with Gasteiger partial charge in [-0.15, -0.1) is 0 Å². The van der Waals surface area contributed by atoms with Gasteiger partial charge >= 0.3 is 12.1 Å². The predicted molar refractivity (Wildman–Crippen MR) is 68.9 cm³/mol. The number of rotatable bonds is 4. The van der Waals surface area contributed by atoms with E-state index in [1.165, 1.54) is 13.2 Å². The van der Waals surface area contributed by atoms with Crippen molar-refractivity contribution in [2.75, 3.05) is 12.4 Å². The number of anilines is 1. The van der Waals surface area contributed by atoms with Crippen LogP contribution < -0.4 is 5.32 Å². The molecule has 106 valence electrons. The molecule has 7 heteroatoms. The highest BCUT2D eigenvalue weighted by molar-refractivity contribution is 9.10. The molecule has 0 bridgehead atoms. The Morgan fingerprint density at radius 1 is 1.47 bits per heavy atom. The fraction of sp³-hybridized carbons (Fsp3) is 0.417. The van der Waals surface area contributed by atoms with Crippen LogP contribution in [0.4, 0.5) is 18.9 Å². The number of carbonyl (C=O) groups excluding carboxylic acids is 1. The van der Waals surface area contributed by atoms with Crippen molar-refractivity contribution in [3.8, 4) is 0 Å². The predicted octanol–water partition coefficient (Wildman–Crippen LogP) is 3.83. The summed E-state index contributed by atoms with van der Waals surface area (Å²) in [6.07, 6.45) is -4.03. The minimum absolute atomic E-state index is 0.201. The van der Waals surface area contributed by atoms with Gasteiger partial charge in [0.2, 0.25) is 0 Å². The van der Waals surface area contributed by atoms with Gasteiger partial charge in [-0.25, -0.2) is 4.79 Å². The summed E-state index contributed by atoms with van der Waals surface area (Å²) in [5.74, 6) is -0.521. The highest BCUT2D eigenvalue weighted by atomic mass is 79.9. The molecule has 0 fully saturated rings. The van der Waals surface area contributed by atoms with E-state index in [9.17, 15) is 18.0 Å². The fourth-order valence-corrected chi connectivity index (χ4v) is 1.83. The monoisotopic (exact) mass is 339 g/mol. The second-order valence-electron chi connectivity index (χ2n) is 3.82. The number of hydrogen-bond donors (Lipinski definition) is 1. The molecule has 1 unspecified atom stereocenters. The first kappa shape index (κ1) is 15.8. The maximum absolute atomic E-state index is 12.6. The van der Waals surface area contributed by atoms with Crippen molar-refractivity contribution in [1.82, 2.24) is 0 Å². The summed E-state index contributed by atoms with van der Waals surface area (Å²) in [6, 6.07) is 2.52. The second kappa shape index (κ2) is 6.27. The van der Waals surface area contributed by atoms with Gasteiger partial charge in [0.25, 0.3) is 0 Å². The molecular formula is C12H13BrF3NO2. The third kappa shape index (κ3) is 4.12. The van der Waals surface area contributed by atoms with Crippen LogP contribution in [-0.4, -0.2) is 19.1 Å². The van der Waals surface area contributed by atoms with Gasteiger partial charge in [-0.2, -0.15) is 13.2 Å². The van der Waals surface area contributed by atoms with Gasteiger partial charge in [0, 0.05) is 10.2 Å². The summed E-state index contributed by atoms with van der Waals surface area (Å²) in [5.41, 5.74) is -0.579. The van der Waals surface area contributed by atoms with Crippen LogP contribution in [0.1, 0.15) is 18.9 Å². The van der Waals surface area contributed by atoms with Crippen LogP contribution in [0.25, 0.3) is 0 Å². The van der Waals surface area contributed by atoms with E-state index >= 15 is 0 Å². The molecule has 0 heterocycles. The number of esters is 1. The fourth-order valence-electron chi connectivity index (χ4n) is 1.47. The molecule has 1 atom stereocenters. The van der Waals surface area contributed by atoms with Crippen molar-refractivity contribution in [3.05, 3.63) is 28.2 Å². The Morgan fingerprint density at radius 3 is 2.58 bits per heavy atom. The average molecular weight is 340 g/mol. The van der Waals surface area contributed by atoms with Gasteiger partial charge in [-0.3, -0.25) is 0 Å². The number of nitrogens with one attached hydrogen (secondary N) is 1. The minimum Gasteiger partial charge on any atom is -0.467 e. The molecule has 1 aromatic rings. The van der Waals surface area contributed by atoms with E-state index in [0.717, 1.165) is 12.1 Å². The number of hydrogen-bond acceptors (Lipinski definition) is 3. The van der Waals surface area contributed by atoms with Gasteiger partial charge in [-0.1, -0.05) is 6.92 Å². The Labute approximate surface area is 117 Å². The molecule has 0 aliphatic heterocycles. The molecule has 0 radical (unpaired) electrons. The van der Waals surface area contributed by atoms with Crippen LogP contribution >= 0.6 is 15.9 Å². The zero-order valence-electron chi connectivity index (χ0n) is 10.3. The van der Waals surface area contributed by atoms with Crippen molar-refractivity contribution < 1.29 is 22.7 Å². The van der Waals surface area contributed by atoms with Crippen LogP contribution in [0.2, 0.25) is 0 Å². The zero-order chi connectivity index (χ0) is 14.6. The summed E-state index contributed by atoms with van der Waals surface area (Å²) in [4.78, 5) is 11.4. The van der Waals surface area contributed by atoms with E-state index in [2.05, 4.69) is 26.0 Å². The van der Waals surface area contributed by atoms with Crippen LogP contribution in [-0.2, 0) is 15.7 Å². The molecule has 0 spiro atoms. The van der Waals surface area contributed by atoms with Gasteiger partial charge in [0.1, 0.15) is 6.04 Å². The molecule has 1 rings (SSSR count). The second-order valence-corrected chi connectivity index (χ2v) is 4.68. The first-order valence-corrected chi connectivity index (χ1v) is 6.30. The molecule has 3 nitrogen and oxygen atoms in total. The highest BCUT2D eigenvalue weighted by Crippen LogP contribution is 2.34. The molecule has 0 saturated carbocycles. The molecule has 0 aliphatic carbocycles. The number of alkyl halides is 3. The number of halogens is 4. The molecule has 1 N–H and O–H groups in total. The maximum atomic E-state index is 12.6. The SMILES string of the molecule is CCC(Nc1cc(C(F)(F)F)ccc1Br)C(=O)OC. The van der Waals surface area contributed by atoms with E-state index in [-0.39, 0.29) is 5.69 Å². The third-order valence-electron chi connectivity index (χ3n) is 2.52. The first-order chi connectivity index (χ1) is 8.79. The Kier molecular flexibility index (Phi) is 5.22. The number of benzene rings is 1. The molecule has 1 aromatic carbocycles. The molecule has 0 aromatic heterocycles. The van der Waals surface area contributed by atoms with Crippen LogP contribution in [0.5, 0.6) is 0 Å².